The van der Waals surface area contributed by atoms with Gasteiger partial charge in [-0.3, -0.25) is 19.0 Å². The Morgan fingerprint density at radius 2 is 1.96 bits per heavy atom. The Balaban J connectivity index is 1.74. The molecule has 2 aromatic rings. The van der Waals surface area contributed by atoms with Crippen molar-refractivity contribution in [1.82, 2.24) is 19.9 Å². The number of unbranched alkanes of at least 4 members (excludes halogenated alkanes) is 2. The smallest absolute Gasteiger partial charge is 0.326 e. The molecule has 152 valence electrons. The lowest BCUT2D eigenvalue weighted by atomic mass is 10.1. The molecule has 0 radical (unpaired) electrons. The first-order valence-corrected chi connectivity index (χ1v) is 8.85. The maximum Gasteiger partial charge on any atom is 0.326 e. The molecule has 0 unspecified atom stereocenters. The summed E-state index contributed by atoms with van der Waals surface area (Å²) in [6.07, 6.45) is 2.86. The average molecular weight is 393 g/mol. The van der Waals surface area contributed by atoms with Gasteiger partial charge in [0, 0.05) is 19.4 Å². The van der Waals surface area contributed by atoms with Gasteiger partial charge in [-0.05, 0) is 25.3 Å². The molecule has 0 fully saturated rings. The van der Waals surface area contributed by atoms with Crippen LogP contribution in [0.3, 0.4) is 0 Å². The second-order valence-corrected chi connectivity index (χ2v) is 6.43. The van der Waals surface area contributed by atoms with Crippen LogP contribution >= 0.6 is 0 Å². The summed E-state index contributed by atoms with van der Waals surface area (Å²) in [4.78, 5) is 52.6. The van der Waals surface area contributed by atoms with E-state index in [0.717, 1.165) is 0 Å². The summed E-state index contributed by atoms with van der Waals surface area (Å²) in [7, 11) is 0. The second kappa shape index (κ2) is 9.53. The van der Waals surface area contributed by atoms with Gasteiger partial charge >= 0.3 is 11.9 Å². The van der Waals surface area contributed by atoms with E-state index in [1.54, 1.807) is 0 Å². The third-order valence-electron chi connectivity index (χ3n) is 4.22. The molecular formula is C17H23N5O6. The molecule has 11 heteroatoms. The minimum Gasteiger partial charge on any atom is -0.481 e. The predicted octanol–water partition coefficient (Wildman–Crippen LogP) is 0.301. The zero-order valence-corrected chi connectivity index (χ0v) is 15.2. The highest BCUT2D eigenvalue weighted by Gasteiger charge is 2.20. The zero-order chi connectivity index (χ0) is 20.7. The van der Waals surface area contributed by atoms with Crippen molar-refractivity contribution in [1.29, 1.82) is 0 Å². The summed E-state index contributed by atoms with van der Waals surface area (Å²) in [5, 5.41) is 20.4. The molecule has 0 spiro atoms. The van der Waals surface area contributed by atoms with Crippen LogP contribution in [0.15, 0.2) is 17.2 Å². The summed E-state index contributed by atoms with van der Waals surface area (Å²) in [5.41, 5.74) is 5.86. The summed E-state index contributed by atoms with van der Waals surface area (Å²) in [5.74, 6) is -2.46. The molecule has 2 heterocycles. The summed E-state index contributed by atoms with van der Waals surface area (Å²) >= 11 is 0. The average Bonchev–Trinajstić information content (AvgIpc) is 3.01. The van der Waals surface area contributed by atoms with Crippen molar-refractivity contribution in [3.8, 4) is 0 Å². The van der Waals surface area contributed by atoms with E-state index in [9.17, 15) is 19.2 Å². The lowest BCUT2D eigenvalue weighted by Gasteiger charge is -2.13. The number of H-pyrrole nitrogens is 1. The van der Waals surface area contributed by atoms with Crippen LogP contribution in [0.4, 0.5) is 5.82 Å². The van der Waals surface area contributed by atoms with E-state index in [1.165, 1.54) is 17.0 Å². The maximum atomic E-state index is 12.3. The van der Waals surface area contributed by atoms with Gasteiger partial charge in [0.2, 0.25) is 5.91 Å². The van der Waals surface area contributed by atoms with Gasteiger partial charge in [0.1, 0.15) is 17.5 Å². The zero-order valence-electron chi connectivity index (χ0n) is 15.2. The fourth-order valence-corrected chi connectivity index (χ4v) is 2.76. The molecule has 0 saturated carbocycles. The van der Waals surface area contributed by atoms with Crippen molar-refractivity contribution in [2.75, 3.05) is 5.73 Å². The molecular weight excluding hydrogens is 370 g/mol. The Labute approximate surface area is 159 Å². The quantitative estimate of drug-likeness (QED) is 0.338. The number of nitrogens with one attached hydrogen (secondary N) is 2. The number of carboxylic acids is 2. The van der Waals surface area contributed by atoms with E-state index in [4.69, 9.17) is 15.9 Å². The number of carboxylic acid groups (broad SMARTS) is 2. The number of rotatable bonds is 11. The Bertz CT molecular complexity index is 918. The van der Waals surface area contributed by atoms with Crippen molar-refractivity contribution in [3.63, 3.8) is 0 Å². The lowest BCUT2D eigenvalue weighted by Crippen LogP contribution is -2.41. The molecule has 0 aliphatic rings. The van der Waals surface area contributed by atoms with Crippen LogP contribution in [0.2, 0.25) is 0 Å². The molecule has 0 bridgehead atoms. The normalized spacial score (nSPS) is 12.0. The second-order valence-electron chi connectivity index (χ2n) is 6.43. The Hall–Kier alpha value is -3.37. The molecule has 0 aliphatic carbocycles. The standard InChI is InChI=1S/C17H23N5O6/c18-12-8-10-15(21-12)19-9-22(16(10)26)7-3-1-2-4-13(23)20-11(17(27)28)5-6-14(24)25/h8-9,11,21H,1-7,18H2,(H,20,23)(H,24,25)(H,27,28)/t11-/m0/s1. The molecule has 11 nitrogen and oxygen atoms in total. The monoisotopic (exact) mass is 393 g/mol. The van der Waals surface area contributed by atoms with E-state index in [-0.39, 0.29) is 24.8 Å². The number of aromatic nitrogens is 3. The minimum atomic E-state index is -1.26. The number of anilines is 1. The first kappa shape index (κ1) is 20.9. The van der Waals surface area contributed by atoms with Crippen molar-refractivity contribution < 1.29 is 24.6 Å². The molecule has 1 atom stereocenters. The molecule has 2 aromatic heterocycles. The van der Waals surface area contributed by atoms with Gasteiger partial charge in [0.15, 0.2) is 0 Å². The van der Waals surface area contributed by atoms with Crippen molar-refractivity contribution >= 4 is 34.7 Å². The van der Waals surface area contributed by atoms with Crippen LogP contribution in [-0.4, -0.2) is 48.6 Å². The van der Waals surface area contributed by atoms with Crippen LogP contribution < -0.4 is 16.6 Å². The molecule has 0 aromatic carbocycles. The number of fused-ring (bicyclic) bond motifs is 1. The number of hydrogen-bond donors (Lipinski definition) is 5. The largest absolute Gasteiger partial charge is 0.481 e. The lowest BCUT2D eigenvalue weighted by molar-refractivity contribution is -0.143. The fraction of sp³-hybridized carbons (Fsp3) is 0.471. The number of nitrogen functional groups attached to an aromatic ring is 1. The molecule has 0 saturated heterocycles. The van der Waals surface area contributed by atoms with Gasteiger partial charge in [-0.25, -0.2) is 9.78 Å². The van der Waals surface area contributed by atoms with Crippen molar-refractivity contribution in [3.05, 3.63) is 22.7 Å². The van der Waals surface area contributed by atoms with Gasteiger partial charge in [-0.15, -0.1) is 0 Å². The number of hydrogen-bond acceptors (Lipinski definition) is 6. The third-order valence-corrected chi connectivity index (χ3v) is 4.22. The topological polar surface area (TPSA) is 180 Å². The number of aromatic amines is 1. The highest BCUT2D eigenvalue weighted by molar-refractivity contribution is 5.84. The predicted molar refractivity (Wildman–Crippen MR) is 99.7 cm³/mol. The van der Waals surface area contributed by atoms with Crippen LogP contribution in [-0.2, 0) is 20.9 Å². The number of aryl methyl sites for hydroxylation is 1. The number of carbonyl (C=O) groups excluding carboxylic acids is 1. The summed E-state index contributed by atoms with van der Waals surface area (Å²) in [6.45, 7) is 0.435. The summed E-state index contributed by atoms with van der Waals surface area (Å²) < 4.78 is 1.47. The van der Waals surface area contributed by atoms with E-state index in [0.29, 0.717) is 42.7 Å². The highest BCUT2D eigenvalue weighted by Crippen LogP contribution is 2.10. The van der Waals surface area contributed by atoms with Crippen LogP contribution in [0.1, 0.15) is 38.5 Å². The third kappa shape index (κ3) is 5.83. The minimum absolute atomic E-state index is 0.122. The Morgan fingerprint density at radius 1 is 1.21 bits per heavy atom. The van der Waals surface area contributed by atoms with E-state index in [1.807, 2.05) is 0 Å². The SMILES string of the molecule is Nc1cc2c(=O)n(CCCCCC(=O)N[C@@H](CCC(=O)O)C(=O)O)cnc2[nH]1. The van der Waals surface area contributed by atoms with Gasteiger partial charge in [0.05, 0.1) is 11.7 Å². The van der Waals surface area contributed by atoms with Crippen LogP contribution in [0.5, 0.6) is 0 Å². The van der Waals surface area contributed by atoms with Gasteiger partial charge in [-0.2, -0.15) is 0 Å². The highest BCUT2D eigenvalue weighted by atomic mass is 16.4. The van der Waals surface area contributed by atoms with Crippen molar-refractivity contribution in [2.24, 2.45) is 0 Å². The Kier molecular flexibility index (Phi) is 7.13. The van der Waals surface area contributed by atoms with Crippen LogP contribution in [0, 0.1) is 0 Å². The molecule has 28 heavy (non-hydrogen) atoms. The van der Waals surface area contributed by atoms with E-state index in [2.05, 4.69) is 15.3 Å². The summed E-state index contributed by atoms with van der Waals surface area (Å²) in [6, 6.07) is 0.322. The van der Waals surface area contributed by atoms with Gasteiger partial charge in [0.25, 0.3) is 5.56 Å². The first-order chi connectivity index (χ1) is 13.3. The molecule has 2 rings (SSSR count). The number of nitrogens with zero attached hydrogens (tertiary/aromatic N) is 2. The maximum absolute atomic E-state index is 12.3. The van der Waals surface area contributed by atoms with E-state index >= 15 is 0 Å². The number of amides is 1. The number of carbonyl (C=O) groups is 3. The first-order valence-electron chi connectivity index (χ1n) is 8.85. The molecule has 0 aliphatic heterocycles. The molecule has 1 amide bonds. The molecule has 6 N–H and O–H groups in total. The number of aliphatic carboxylic acids is 2. The van der Waals surface area contributed by atoms with Crippen LogP contribution in [0.25, 0.3) is 11.0 Å². The van der Waals surface area contributed by atoms with E-state index < -0.39 is 23.9 Å². The number of nitrogens with two attached hydrogens (primary N) is 1. The van der Waals surface area contributed by atoms with Gasteiger partial charge < -0.3 is 26.2 Å². The van der Waals surface area contributed by atoms with Crippen molar-refractivity contribution in [2.45, 2.75) is 51.1 Å². The fourth-order valence-electron chi connectivity index (χ4n) is 2.76. The van der Waals surface area contributed by atoms with Gasteiger partial charge in [-0.1, -0.05) is 6.42 Å². The Morgan fingerprint density at radius 3 is 2.64 bits per heavy atom.